The Morgan fingerprint density at radius 2 is 2.00 bits per heavy atom. The quantitative estimate of drug-likeness (QED) is 0.903. The fourth-order valence-electron chi connectivity index (χ4n) is 1.90. The number of hydrogen-bond acceptors (Lipinski definition) is 2. The maximum atomic E-state index is 11.4. The first-order chi connectivity index (χ1) is 9.56. The first-order valence-corrected chi connectivity index (χ1v) is 7.05. The third-order valence-electron chi connectivity index (χ3n) is 2.95. The van der Waals surface area contributed by atoms with Gasteiger partial charge < -0.3 is 9.84 Å². The van der Waals surface area contributed by atoms with Crippen LogP contribution in [-0.2, 0) is 11.2 Å². The van der Waals surface area contributed by atoms with Crippen LogP contribution in [0.25, 0.3) is 0 Å². The summed E-state index contributed by atoms with van der Waals surface area (Å²) in [6.07, 6.45) is -0.575. The van der Waals surface area contributed by atoms with Gasteiger partial charge in [-0.3, -0.25) is 0 Å². The Labute approximate surface area is 126 Å². The van der Waals surface area contributed by atoms with Crippen molar-refractivity contribution >= 4 is 21.9 Å². The molecule has 3 nitrogen and oxygen atoms in total. The van der Waals surface area contributed by atoms with Crippen molar-refractivity contribution in [2.75, 3.05) is 0 Å². The molecule has 1 atom stereocenters. The number of para-hydroxylation sites is 1. The number of carbonyl (C=O) groups is 1. The lowest BCUT2D eigenvalue weighted by Crippen LogP contribution is -2.29. The number of carboxylic acid groups (broad SMARTS) is 1. The minimum absolute atomic E-state index is 0.323. The summed E-state index contributed by atoms with van der Waals surface area (Å²) in [4.78, 5) is 11.4. The van der Waals surface area contributed by atoms with Crippen LogP contribution in [0.3, 0.4) is 0 Å². The second kappa shape index (κ2) is 6.57. The third kappa shape index (κ3) is 3.84. The number of ether oxygens (including phenoxy) is 1. The van der Waals surface area contributed by atoms with E-state index in [2.05, 4.69) is 15.9 Å². The molecule has 2 aromatic carbocycles. The van der Waals surface area contributed by atoms with Gasteiger partial charge in [-0.05, 0) is 36.2 Å². The molecule has 0 bridgehead atoms. The molecule has 0 unspecified atom stereocenters. The maximum absolute atomic E-state index is 11.4. The van der Waals surface area contributed by atoms with Crippen molar-refractivity contribution in [3.05, 3.63) is 64.1 Å². The largest absolute Gasteiger partial charge is 0.478 e. The van der Waals surface area contributed by atoms with E-state index in [1.165, 1.54) is 0 Å². The molecule has 0 aromatic heterocycles. The molecule has 0 amide bonds. The second-order valence-electron chi connectivity index (χ2n) is 4.54. The van der Waals surface area contributed by atoms with Gasteiger partial charge in [0.1, 0.15) is 5.75 Å². The Bertz CT molecular complexity index is 610. The fraction of sp³-hybridized carbons (Fsp3) is 0.188. The van der Waals surface area contributed by atoms with Gasteiger partial charge in [-0.25, -0.2) is 4.79 Å². The predicted molar refractivity (Wildman–Crippen MR) is 81.1 cm³/mol. The van der Waals surface area contributed by atoms with Crippen molar-refractivity contribution in [2.45, 2.75) is 19.4 Å². The summed E-state index contributed by atoms with van der Waals surface area (Å²) >= 11 is 3.38. The summed E-state index contributed by atoms with van der Waals surface area (Å²) in [6.45, 7) is 1.90. The smallest absolute Gasteiger partial charge is 0.345 e. The Kier molecular flexibility index (Phi) is 4.79. The average molecular weight is 335 g/mol. The number of aryl methyl sites for hydroxylation is 1. The summed E-state index contributed by atoms with van der Waals surface area (Å²) in [7, 11) is 0. The molecule has 0 saturated carbocycles. The van der Waals surface area contributed by atoms with Crippen molar-refractivity contribution in [2.24, 2.45) is 0 Å². The number of aliphatic carboxylic acids is 1. The van der Waals surface area contributed by atoms with Crippen LogP contribution in [0.2, 0.25) is 0 Å². The Hall–Kier alpha value is -1.81. The van der Waals surface area contributed by atoms with Crippen LogP contribution < -0.4 is 4.74 Å². The lowest BCUT2D eigenvalue weighted by atomic mass is 10.1. The zero-order valence-corrected chi connectivity index (χ0v) is 12.6. The van der Waals surface area contributed by atoms with Crippen molar-refractivity contribution < 1.29 is 14.6 Å². The lowest BCUT2D eigenvalue weighted by molar-refractivity contribution is -0.145. The first-order valence-electron chi connectivity index (χ1n) is 6.26. The van der Waals surface area contributed by atoms with Crippen LogP contribution in [0.4, 0.5) is 0 Å². The van der Waals surface area contributed by atoms with Gasteiger partial charge in [-0.1, -0.05) is 46.3 Å². The average Bonchev–Trinajstić information content (AvgIpc) is 2.40. The van der Waals surface area contributed by atoms with Crippen LogP contribution in [0.1, 0.15) is 11.1 Å². The number of benzene rings is 2. The topological polar surface area (TPSA) is 46.5 Å². The predicted octanol–water partition coefficient (Wildman–Crippen LogP) is 3.83. The van der Waals surface area contributed by atoms with Gasteiger partial charge in [-0.2, -0.15) is 0 Å². The van der Waals surface area contributed by atoms with E-state index in [1.807, 2.05) is 49.4 Å². The minimum atomic E-state index is -0.965. The molecule has 0 heterocycles. The van der Waals surface area contributed by atoms with Gasteiger partial charge >= 0.3 is 5.97 Å². The van der Waals surface area contributed by atoms with Gasteiger partial charge in [0.25, 0.3) is 0 Å². The Morgan fingerprint density at radius 3 is 2.65 bits per heavy atom. The molecule has 0 aliphatic carbocycles. The van der Waals surface area contributed by atoms with Gasteiger partial charge in [0.15, 0.2) is 6.10 Å². The van der Waals surface area contributed by atoms with Crippen LogP contribution >= 0.6 is 15.9 Å². The summed E-state index contributed by atoms with van der Waals surface area (Å²) in [5.74, 6) is -0.358. The SMILES string of the molecule is Cc1ccccc1O[C@H](Cc1cccc(Br)c1)C(=O)O. The molecule has 2 rings (SSSR count). The highest BCUT2D eigenvalue weighted by molar-refractivity contribution is 9.10. The summed E-state index contributed by atoms with van der Waals surface area (Å²) in [5, 5.41) is 9.32. The molecule has 4 heteroatoms. The van der Waals surface area contributed by atoms with Gasteiger partial charge in [0.05, 0.1) is 0 Å². The Morgan fingerprint density at radius 1 is 1.25 bits per heavy atom. The molecule has 20 heavy (non-hydrogen) atoms. The molecular formula is C16H15BrO3. The lowest BCUT2D eigenvalue weighted by Gasteiger charge is -2.16. The van der Waals surface area contributed by atoms with E-state index in [1.54, 1.807) is 6.07 Å². The molecule has 2 aromatic rings. The van der Waals surface area contributed by atoms with Crippen LogP contribution in [0.5, 0.6) is 5.75 Å². The van der Waals surface area contributed by atoms with Crippen LogP contribution in [0, 0.1) is 6.92 Å². The van der Waals surface area contributed by atoms with E-state index in [0.717, 1.165) is 15.6 Å². The normalized spacial score (nSPS) is 11.9. The molecule has 0 fully saturated rings. The summed E-state index contributed by atoms with van der Waals surface area (Å²) in [5.41, 5.74) is 1.84. The van der Waals surface area contributed by atoms with Crippen molar-refractivity contribution in [3.8, 4) is 5.75 Å². The highest BCUT2D eigenvalue weighted by Crippen LogP contribution is 2.20. The van der Waals surface area contributed by atoms with E-state index in [9.17, 15) is 9.90 Å². The second-order valence-corrected chi connectivity index (χ2v) is 5.46. The molecule has 0 radical (unpaired) electrons. The molecule has 104 valence electrons. The standard InChI is InChI=1S/C16H15BrO3/c1-11-5-2-3-8-14(11)20-15(16(18)19)10-12-6-4-7-13(17)9-12/h2-9,15H,10H2,1H3,(H,18,19)/t15-/m1/s1. The van der Waals surface area contributed by atoms with Crippen LogP contribution in [-0.4, -0.2) is 17.2 Å². The highest BCUT2D eigenvalue weighted by atomic mass is 79.9. The number of halogens is 1. The van der Waals surface area contributed by atoms with E-state index in [-0.39, 0.29) is 0 Å². The molecule has 0 saturated heterocycles. The summed E-state index contributed by atoms with van der Waals surface area (Å²) in [6, 6.07) is 15.0. The van der Waals surface area contributed by atoms with Crippen molar-refractivity contribution in [1.82, 2.24) is 0 Å². The van der Waals surface area contributed by atoms with Crippen molar-refractivity contribution in [3.63, 3.8) is 0 Å². The monoisotopic (exact) mass is 334 g/mol. The molecular weight excluding hydrogens is 320 g/mol. The van der Waals surface area contributed by atoms with E-state index < -0.39 is 12.1 Å². The van der Waals surface area contributed by atoms with Crippen molar-refractivity contribution in [1.29, 1.82) is 0 Å². The van der Waals surface area contributed by atoms with E-state index >= 15 is 0 Å². The Balaban J connectivity index is 2.16. The van der Waals surface area contributed by atoms with Crippen LogP contribution in [0.15, 0.2) is 53.0 Å². The van der Waals surface area contributed by atoms with E-state index in [4.69, 9.17) is 4.74 Å². The third-order valence-corrected chi connectivity index (χ3v) is 3.44. The van der Waals surface area contributed by atoms with E-state index in [0.29, 0.717) is 12.2 Å². The summed E-state index contributed by atoms with van der Waals surface area (Å²) < 4.78 is 6.56. The highest BCUT2D eigenvalue weighted by Gasteiger charge is 2.20. The minimum Gasteiger partial charge on any atom is -0.478 e. The zero-order chi connectivity index (χ0) is 14.5. The maximum Gasteiger partial charge on any atom is 0.345 e. The number of carboxylic acids is 1. The number of hydrogen-bond donors (Lipinski definition) is 1. The first kappa shape index (κ1) is 14.6. The van der Waals surface area contributed by atoms with Gasteiger partial charge in [0, 0.05) is 10.9 Å². The molecule has 1 N–H and O–H groups in total. The zero-order valence-electron chi connectivity index (χ0n) is 11.0. The number of rotatable bonds is 5. The van der Waals surface area contributed by atoms with Gasteiger partial charge in [0.2, 0.25) is 0 Å². The fourth-order valence-corrected chi connectivity index (χ4v) is 2.35. The molecule has 0 aliphatic rings. The van der Waals surface area contributed by atoms with Gasteiger partial charge in [-0.15, -0.1) is 0 Å². The molecule has 0 spiro atoms. The molecule has 0 aliphatic heterocycles.